The average Bonchev–Trinajstić information content (AvgIpc) is 3.12. The van der Waals surface area contributed by atoms with E-state index in [9.17, 15) is 14.4 Å². The summed E-state index contributed by atoms with van der Waals surface area (Å²) in [4.78, 5) is 35.2. The Morgan fingerprint density at radius 2 is 0.627 bits per heavy atom. The predicted octanol–water partition coefficient (Wildman–Crippen LogP) is 10.1. The van der Waals surface area contributed by atoms with Crippen LogP contribution >= 0.6 is 0 Å². The van der Waals surface area contributed by atoms with Gasteiger partial charge >= 0.3 is 17.9 Å². The van der Waals surface area contributed by atoms with Gasteiger partial charge in [0.15, 0.2) is 0 Å². The molecule has 0 fully saturated rings. The summed E-state index contributed by atoms with van der Waals surface area (Å²) in [6.07, 6.45) is 5.16. The lowest BCUT2D eigenvalue weighted by atomic mass is 9.69. The van der Waals surface area contributed by atoms with Crippen LogP contribution in [0.2, 0.25) is 0 Å². The van der Waals surface area contributed by atoms with Crippen LogP contribution in [0.4, 0.5) is 0 Å². The van der Waals surface area contributed by atoms with Crippen LogP contribution in [-0.2, 0) is 30.6 Å². The predicted molar refractivity (Wildman–Crippen MR) is 206 cm³/mol. The number of rotatable bonds is 12. The molecule has 0 radical (unpaired) electrons. The molecule has 264 valence electrons. The highest BCUT2D eigenvalue weighted by molar-refractivity contribution is 5.84. The molecule has 0 aliphatic carbocycles. The number of ether oxygens (including phenoxy) is 3. The van der Waals surface area contributed by atoms with Crippen molar-refractivity contribution in [2.45, 2.75) is 64.7 Å². The fraction of sp³-hybridized carbons (Fsp3) is 0.222. The average molecular weight is 685 g/mol. The smallest absolute Gasteiger partial charge is 0.335 e. The van der Waals surface area contributed by atoms with E-state index in [-0.39, 0.29) is 0 Å². The normalized spacial score (nSPS) is 11.2. The second-order valence-corrected chi connectivity index (χ2v) is 13.5. The molecule has 4 aromatic carbocycles. The van der Waals surface area contributed by atoms with Gasteiger partial charge in [-0.05, 0) is 76.7 Å². The van der Waals surface area contributed by atoms with Gasteiger partial charge in [-0.15, -0.1) is 6.58 Å². The lowest BCUT2D eigenvalue weighted by Crippen LogP contribution is -2.26. The van der Waals surface area contributed by atoms with Crippen molar-refractivity contribution >= 4 is 17.9 Å². The molecule has 6 nitrogen and oxygen atoms in total. The molecule has 0 bridgehead atoms. The van der Waals surface area contributed by atoms with Crippen LogP contribution in [0.5, 0.6) is 17.2 Å². The fourth-order valence-corrected chi connectivity index (χ4v) is 5.50. The van der Waals surface area contributed by atoms with Crippen molar-refractivity contribution in [3.8, 4) is 17.2 Å². The molecule has 0 spiro atoms. The van der Waals surface area contributed by atoms with Gasteiger partial charge < -0.3 is 14.2 Å². The molecule has 0 aromatic heterocycles. The molecule has 0 N–H and O–H groups in total. The van der Waals surface area contributed by atoms with Gasteiger partial charge in [0, 0.05) is 34.5 Å². The Morgan fingerprint density at radius 1 is 0.431 bits per heavy atom. The largest absolute Gasteiger partial charge is 0.423 e. The van der Waals surface area contributed by atoms with Crippen molar-refractivity contribution in [3.05, 3.63) is 175 Å². The zero-order chi connectivity index (χ0) is 38.0. The van der Waals surface area contributed by atoms with E-state index in [1.165, 1.54) is 0 Å². The SMILES string of the molecule is C=CC.C=CC(=O)Oc1ccc(C(C)(C)c2cc(C(C)(C)c3ccc(OC(=O)C=C)cc3)cc(C(C)(C)c3ccc(OC(=O)C=C)cc3)c2)cc1. The van der Waals surface area contributed by atoms with Crippen LogP contribution in [0.1, 0.15) is 81.8 Å². The van der Waals surface area contributed by atoms with E-state index < -0.39 is 34.2 Å². The minimum atomic E-state index is -0.511. The highest BCUT2D eigenvalue weighted by atomic mass is 16.5. The first-order valence-corrected chi connectivity index (χ1v) is 16.6. The van der Waals surface area contributed by atoms with Crippen LogP contribution in [0.15, 0.2) is 142 Å². The maximum atomic E-state index is 11.7. The monoisotopic (exact) mass is 684 g/mol. The third-order valence-electron chi connectivity index (χ3n) is 8.98. The minimum absolute atomic E-state index is 0.441. The van der Waals surface area contributed by atoms with E-state index in [1.807, 2.05) is 43.3 Å². The molecule has 0 heterocycles. The van der Waals surface area contributed by atoms with Gasteiger partial charge in [-0.1, -0.05) is 122 Å². The molecule has 0 atom stereocenters. The van der Waals surface area contributed by atoms with E-state index in [0.29, 0.717) is 17.2 Å². The molecule has 0 aliphatic heterocycles. The summed E-state index contributed by atoms with van der Waals surface area (Å²) < 4.78 is 15.9. The molecular formula is C45H48O6. The quantitative estimate of drug-likeness (QED) is 0.0640. The van der Waals surface area contributed by atoms with Crippen LogP contribution in [0.3, 0.4) is 0 Å². The van der Waals surface area contributed by atoms with E-state index >= 15 is 0 Å². The number of carbonyl (C=O) groups excluding carboxylic acids is 3. The number of hydrogen-bond acceptors (Lipinski definition) is 6. The maximum Gasteiger partial charge on any atom is 0.335 e. The summed E-state index contributed by atoms with van der Waals surface area (Å²) in [6, 6.07) is 29.3. The third-order valence-corrected chi connectivity index (χ3v) is 8.98. The topological polar surface area (TPSA) is 78.9 Å². The lowest BCUT2D eigenvalue weighted by molar-refractivity contribution is -0.129. The van der Waals surface area contributed by atoms with Gasteiger partial charge in [-0.2, -0.15) is 0 Å². The number of hydrogen-bond donors (Lipinski definition) is 0. The number of carbonyl (C=O) groups is 3. The second-order valence-electron chi connectivity index (χ2n) is 13.5. The first-order valence-electron chi connectivity index (χ1n) is 16.6. The van der Waals surface area contributed by atoms with Crippen LogP contribution < -0.4 is 14.2 Å². The number of allylic oxidation sites excluding steroid dienone is 1. The molecule has 4 aromatic rings. The fourth-order valence-electron chi connectivity index (χ4n) is 5.50. The summed E-state index contributed by atoms with van der Waals surface area (Å²) in [6.45, 7) is 28.7. The molecule has 6 heteroatoms. The Bertz CT molecular complexity index is 1660. The Kier molecular flexibility index (Phi) is 13.1. The molecule has 0 saturated carbocycles. The third kappa shape index (κ3) is 9.70. The van der Waals surface area contributed by atoms with Crippen LogP contribution in [0, 0.1) is 0 Å². The van der Waals surface area contributed by atoms with Crippen molar-refractivity contribution < 1.29 is 28.6 Å². The van der Waals surface area contributed by atoms with Gasteiger partial charge in [-0.3, -0.25) is 0 Å². The molecule has 0 saturated heterocycles. The first kappa shape index (κ1) is 39.7. The van der Waals surface area contributed by atoms with E-state index in [4.69, 9.17) is 14.2 Å². The van der Waals surface area contributed by atoms with Gasteiger partial charge in [0.1, 0.15) is 17.2 Å². The lowest BCUT2D eigenvalue weighted by Gasteiger charge is -2.35. The summed E-state index contributed by atoms with van der Waals surface area (Å²) in [5.41, 5.74) is 5.10. The van der Waals surface area contributed by atoms with Gasteiger partial charge in [0.05, 0.1) is 0 Å². The Labute approximate surface area is 302 Å². The molecule has 51 heavy (non-hydrogen) atoms. The Balaban J connectivity index is 0.00000226. The van der Waals surface area contributed by atoms with Crippen molar-refractivity contribution in [1.29, 1.82) is 0 Å². The first-order chi connectivity index (χ1) is 24.0. The highest BCUT2D eigenvalue weighted by Crippen LogP contribution is 2.42. The molecule has 0 aliphatic rings. The summed E-state index contributed by atoms with van der Waals surface area (Å²) in [5.74, 6) is -0.199. The van der Waals surface area contributed by atoms with E-state index in [0.717, 1.165) is 51.6 Å². The number of esters is 3. The second kappa shape index (κ2) is 16.8. The van der Waals surface area contributed by atoms with E-state index in [2.05, 4.69) is 86.1 Å². The zero-order valence-electron chi connectivity index (χ0n) is 30.7. The summed E-state index contributed by atoms with van der Waals surface area (Å²) in [7, 11) is 0. The standard InChI is InChI=1S/C42H42O6.C3H6/c1-10-37(43)46-34-19-13-28(14-20-34)40(4,5)31-25-32(41(6,7)29-15-21-35(22-16-29)47-38(44)11-2)27-33(26-31)42(8,9)30-17-23-36(24-18-30)48-39(45)12-3;1-3-2/h10-27H,1-3H2,4-9H3;3H,1H2,2H3. The molecule has 0 amide bonds. The number of benzene rings is 4. The summed E-state index contributed by atoms with van der Waals surface area (Å²) >= 11 is 0. The van der Waals surface area contributed by atoms with Gasteiger partial charge in [0.25, 0.3) is 0 Å². The van der Waals surface area contributed by atoms with Crippen molar-refractivity contribution in [2.24, 2.45) is 0 Å². The van der Waals surface area contributed by atoms with Crippen molar-refractivity contribution in [2.75, 3.05) is 0 Å². The van der Waals surface area contributed by atoms with E-state index in [1.54, 1.807) is 42.5 Å². The van der Waals surface area contributed by atoms with Crippen LogP contribution in [-0.4, -0.2) is 17.9 Å². The molecule has 0 unspecified atom stereocenters. The minimum Gasteiger partial charge on any atom is -0.423 e. The Hall–Kier alpha value is -5.75. The maximum absolute atomic E-state index is 11.7. The van der Waals surface area contributed by atoms with Crippen molar-refractivity contribution in [1.82, 2.24) is 0 Å². The van der Waals surface area contributed by atoms with Gasteiger partial charge in [0.2, 0.25) is 0 Å². The Morgan fingerprint density at radius 3 is 0.804 bits per heavy atom. The molecular weight excluding hydrogens is 636 g/mol. The van der Waals surface area contributed by atoms with Gasteiger partial charge in [-0.25, -0.2) is 14.4 Å². The zero-order valence-corrected chi connectivity index (χ0v) is 30.7. The molecule has 4 rings (SSSR count). The van der Waals surface area contributed by atoms with Crippen LogP contribution in [0.25, 0.3) is 0 Å². The highest BCUT2D eigenvalue weighted by Gasteiger charge is 2.32. The summed E-state index contributed by atoms with van der Waals surface area (Å²) in [5, 5.41) is 0. The van der Waals surface area contributed by atoms with Crippen molar-refractivity contribution in [3.63, 3.8) is 0 Å².